The topological polar surface area (TPSA) is 63.7 Å². The molecule has 0 aromatic heterocycles. The lowest BCUT2D eigenvalue weighted by Gasteiger charge is -2.12. The molecule has 0 radical (unpaired) electrons. The number of amides is 2. The molecular formula is C26H39NO4. The minimum absolute atomic E-state index is 0.228. The van der Waals surface area contributed by atoms with E-state index in [2.05, 4.69) is 6.92 Å². The van der Waals surface area contributed by atoms with Crippen LogP contribution in [0.1, 0.15) is 130 Å². The molecular weight excluding hydrogens is 390 g/mol. The highest BCUT2D eigenvalue weighted by Gasteiger charge is 2.38. The second kappa shape index (κ2) is 14.8. The van der Waals surface area contributed by atoms with Gasteiger partial charge in [0.2, 0.25) is 0 Å². The number of benzene rings is 1. The molecule has 1 aliphatic heterocycles. The summed E-state index contributed by atoms with van der Waals surface area (Å²) < 4.78 is 0. The number of hydrogen-bond acceptors (Lipinski definition) is 4. The molecule has 0 spiro atoms. The third-order valence-electron chi connectivity index (χ3n) is 5.93. The minimum Gasteiger partial charge on any atom is -0.330 e. The SMILES string of the molecule is CCCCCCCCCCCCCCCCCC(=O)ON1C(=O)c2ccccc2C1=O. The number of unbranched alkanes of at least 4 members (excludes halogenated alkanes) is 14. The van der Waals surface area contributed by atoms with E-state index in [-0.39, 0.29) is 17.5 Å². The van der Waals surface area contributed by atoms with Gasteiger partial charge in [0.1, 0.15) is 0 Å². The van der Waals surface area contributed by atoms with Gasteiger partial charge in [-0.2, -0.15) is 0 Å². The fourth-order valence-electron chi connectivity index (χ4n) is 4.04. The van der Waals surface area contributed by atoms with Crippen LogP contribution in [0.2, 0.25) is 0 Å². The maximum atomic E-state index is 12.2. The molecule has 5 nitrogen and oxygen atoms in total. The Labute approximate surface area is 187 Å². The number of hydrogen-bond donors (Lipinski definition) is 0. The van der Waals surface area contributed by atoms with E-state index >= 15 is 0 Å². The van der Waals surface area contributed by atoms with Crippen LogP contribution >= 0.6 is 0 Å². The molecule has 31 heavy (non-hydrogen) atoms. The lowest BCUT2D eigenvalue weighted by atomic mass is 10.0. The van der Waals surface area contributed by atoms with Gasteiger partial charge in [-0.05, 0) is 18.6 Å². The monoisotopic (exact) mass is 429 g/mol. The third-order valence-corrected chi connectivity index (χ3v) is 5.93. The van der Waals surface area contributed by atoms with Crippen molar-refractivity contribution in [3.05, 3.63) is 35.4 Å². The number of carbonyl (C=O) groups is 3. The molecule has 1 heterocycles. The highest BCUT2D eigenvalue weighted by atomic mass is 16.7. The second-order valence-electron chi connectivity index (χ2n) is 8.61. The normalized spacial score (nSPS) is 13.0. The Balaban J connectivity index is 1.42. The van der Waals surface area contributed by atoms with E-state index in [1.807, 2.05) is 0 Å². The van der Waals surface area contributed by atoms with E-state index in [1.54, 1.807) is 24.3 Å². The van der Waals surface area contributed by atoms with Gasteiger partial charge in [-0.1, -0.05) is 114 Å². The molecule has 1 aliphatic rings. The molecule has 0 atom stereocenters. The molecule has 2 amide bonds. The van der Waals surface area contributed by atoms with Crippen molar-refractivity contribution < 1.29 is 19.2 Å². The number of hydroxylamine groups is 2. The van der Waals surface area contributed by atoms with Gasteiger partial charge in [0.25, 0.3) is 11.8 Å². The minimum atomic E-state index is -0.564. The maximum Gasteiger partial charge on any atom is 0.333 e. The van der Waals surface area contributed by atoms with Gasteiger partial charge < -0.3 is 4.84 Å². The van der Waals surface area contributed by atoms with E-state index in [0.717, 1.165) is 19.3 Å². The zero-order chi connectivity index (χ0) is 22.3. The smallest absolute Gasteiger partial charge is 0.330 e. The van der Waals surface area contributed by atoms with E-state index in [9.17, 15) is 14.4 Å². The first-order valence-electron chi connectivity index (χ1n) is 12.3. The van der Waals surface area contributed by atoms with Gasteiger partial charge in [-0.3, -0.25) is 9.59 Å². The number of rotatable bonds is 17. The third kappa shape index (κ3) is 8.84. The summed E-state index contributed by atoms with van der Waals surface area (Å²) in [4.78, 5) is 41.4. The molecule has 172 valence electrons. The average Bonchev–Trinajstić information content (AvgIpc) is 3.01. The molecule has 0 aliphatic carbocycles. The Morgan fingerprint density at radius 1 is 0.677 bits per heavy atom. The van der Waals surface area contributed by atoms with Crippen molar-refractivity contribution in [1.82, 2.24) is 5.06 Å². The molecule has 2 rings (SSSR count). The van der Waals surface area contributed by atoms with Crippen LogP contribution in [0.4, 0.5) is 0 Å². The summed E-state index contributed by atoms with van der Waals surface area (Å²) in [5.74, 6) is -1.65. The van der Waals surface area contributed by atoms with Crippen molar-refractivity contribution in [2.24, 2.45) is 0 Å². The molecule has 0 unspecified atom stereocenters. The van der Waals surface area contributed by atoms with Crippen molar-refractivity contribution in [3.8, 4) is 0 Å². The van der Waals surface area contributed by atoms with Crippen LogP contribution in [0.3, 0.4) is 0 Å². The fraction of sp³-hybridized carbons (Fsp3) is 0.654. The molecule has 0 bridgehead atoms. The van der Waals surface area contributed by atoms with Crippen LogP contribution in [0.5, 0.6) is 0 Å². The highest BCUT2D eigenvalue weighted by molar-refractivity contribution is 6.20. The summed E-state index contributed by atoms with van der Waals surface area (Å²) in [6.45, 7) is 2.26. The van der Waals surface area contributed by atoms with Crippen molar-refractivity contribution >= 4 is 17.8 Å². The number of imide groups is 1. The zero-order valence-electron chi connectivity index (χ0n) is 19.2. The van der Waals surface area contributed by atoms with E-state index in [0.29, 0.717) is 5.06 Å². The zero-order valence-corrected chi connectivity index (χ0v) is 19.2. The van der Waals surface area contributed by atoms with Gasteiger partial charge in [-0.15, -0.1) is 0 Å². The fourth-order valence-corrected chi connectivity index (χ4v) is 4.04. The van der Waals surface area contributed by atoms with Crippen molar-refractivity contribution in [2.45, 2.75) is 110 Å². The summed E-state index contributed by atoms with van der Waals surface area (Å²) in [5, 5.41) is 0.595. The molecule has 0 N–H and O–H groups in total. The first-order chi connectivity index (χ1) is 15.1. The number of carbonyl (C=O) groups excluding carboxylic acids is 3. The van der Waals surface area contributed by atoms with Gasteiger partial charge in [-0.25, -0.2) is 4.79 Å². The summed E-state index contributed by atoms with van der Waals surface area (Å²) in [6, 6.07) is 6.51. The van der Waals surface area contributed by atoms with E-state index < -0.39 is 17.8 Å². The molecule has 5 heteroatoms. The predicted octanol–water partition coefficient (Wildman–Crippen LogP) is 7.00. The van der Waals surface area contributed by atoms with Gasteiger partial charge >= 0.3 is 5.97 Å². The van der Waals surface area contributed by atoms with Crippen molar-refractivity contribution in [1.29, 1.82) is 0 Å². The van der Waals surface area contributed by atoms with Crippen LogP contribution in [-0.4, -0.2) is 22.8 Å². The van der Waals surface area contributed by atoms with Crippen LogP contribution in [0.15, 0.2) is 24.3 Å². The Bertz CT molecular complexity index is 665. The first kappa shape index (κ1) is 25.1. The van der Waals surface area contributed by atoms with Gasteiger partial charge in [0.05, 0.1) is 11.1 Å². The van der Waals surface area contributed by atoms with Crippen LogP contribution in [0.25, 0.3) is 0 Å². The van der Waals surface area contributed by atoms with Crippen LogP contribution in [-0.2, 0) is 9.63 Å². The quantitative estimate of drug-likeness (QED) is 0.197. The predicted molar refractivity (Wildman–Crippen MR) is 123 cm³/mol. The van der Waals surface area contributed by atoms with Gasteiger partial charge in [0, 0.05) is 6.42 Å². The van der Waals surface area contributed by atoms with Crippen LogP contribution < -0.4 is 0 Å². The first-order valence-corrected chi connectivity index (χ1v) is 12.3. The lowest BCUT2D eigenvalue weighted by Crippen LogP contribution is -2.32. The second-order valence-corrected chi connectivity index (χ2v) is 8.61. The summed E-state index contributed by atoms with van der Waals surface area (Å²) >= 11 is 0. The Morgan fingerprint density at radius 3 is 1.48 bits per heavy atom. The number of nitrogens with zero attached hydrogens (tertiary/aromatic N) is 1. The number of fused-ring (bicyclic) bond motifs is 1. The molecule has 1 aromatic rings. The lowest BCUT2D eigenvalue weighted by molar-refractivity contribution is -0.168. The van der Waals surface area contributed by atoms with Crippen molar-refractivity contribution in [3.63, 3.8) is 0 Å². The Kier molecular flexibility index (Phi) is 12.0. The molecule has 1 aromatic carbocycles. The summed E-state index contributed by atoms with van der Waals surface area (Å²) in [5.41, 5.74) is 0.569. The molecule has 0 fully saturated rings. The van der Waals surface area contributed by atoms with E-state index in [1.165, 1.54) is 77.0 Å². The van der Waals surface area contributed by atoms with Crippen LogP contribution in [0, 0.1) is 0 Å². The highest BCUT2D eigenvalue weighted by Crippen LogP contribution is 2.23. The van der Waals surface area contributed by atoms with Gasteiger partial charge in [0.15, 0.2) is 0 Å². The standard InChI is InChI=1S/C26H39NO4/c1-2-3-4-5-6-7-8-9-10-11-12-13-14-15-16-21-24(28)31-27-25(29)22-19-17-18-20-23(22)26(27)30/h17-20H,2-16,21H2,1H3. The summed E-state index contributed by atoms with van der Waals surface area (Å²) in [6.07, 6.45) is 19.1. The maximum absolute atomic E-state index is 12.2. The van der Waals surface area contributed by atoms with E-state index in [4.69, 9.17) is 4.84 Å². The Morgan fingerprint density at radius 2 is 1.06 bits per heavy atom. The van der Waals surface area contributed by atoms with Crippen molar-refractivity contribution in [2.75, 3.05) is 0 Å². The Hall–Kier alpha value is -2.17. The largest absolute Gasteiger partial charge is 0.333 e. The molecule has 0 saturated carbocycles. The molecule has 0 saturated heterocycles. The summed E-state index contributed by atoms with van der Waals surface area (Å²) in [7, 11) is 0. The average molecular weight is 430 g/mol.